The molecule has 2 aromatic rings. The smallest absolute Gasteiger partial charge is 0.0670 e. The number of halogens is 1. The molecule has 0 aliphatic heterocycles. The molecule has 20 heavy (non-hydrogen) atoms. The molecule has 1 heterocycles. The van der Waals surface area contributed by atoms with Gasteiger partial charge in [-0.2, -0.15) is 5.10 Å². The molecule has 0 bridgehead atoms. The zero-order valence-electron chi connectivity index (χ0n) is 12.4. The molecule has 0 unspecified atom stereocenters. The Hall–Kier alpha value is -1.13. The van der Waals surface area contributed by atoms with Gasteiger partial charge in [0.1, 0.15) is 0 Å². The van der Waals surface area contributed by atoms with E-state index < -0.39 is 0 Å². The Morgan fingerprint density at radius 1 is 1.35 bits per heavy atom. The molecule has 0 aliphatic carbocycles. The van der Waals surface area contributed by atoms with Gasteiger partial charge in [-0.05, 0) is 42.1 Å². The standard InChI is InChI=1S/C16H22BrN3/c1-12(2)7-18-9-14-4-5-15(16(17)6-14)11-20-10-13(3)8-19-20/h4-6,8,10,12,18H,7,9,11H2,1-3H3. The average Bonchev–Trinajstić information content (AvgIpc) is 2.78. The van der Waals surface area contributed by atoms with E-state index in [1.807, 2.05) is 10.9 Å². The van der Waals surface area contributed by atoms with Crippen molar-refractivity contribution in [2.24, 2.45) is 5.92 Å². The third-order valence-corrected chi connectivity index (χ3v) is 3.83. The van der Waals surface area contributed by atoms with Crippen LogP contribution in [0.5, 0.6) is 0 Å². The third kappa shape index (κ3) is 4.46. The third-order valence-electron chi connectivity index (χ3n) is 3.09. The maximum Gasteiger partial charge on any atom is 0.0670 e. The van der Waals surface area contributed by atoms with Gasteiger partial charge in [0, 0.05) is 17.2 Å². The summed E-state index contributed by atoms with van der Waals surface area (Å²) in [7, 11) is 0. The Balaban J connectivity index is 1.98. The molecule has 1 aromatic heterocycles. The molecule has 0 fully saturated rings. The number of hydrogen-bond acceptors (Lipinski definition) is 2. The van der Waals surface area contributed by atoms with Crippen molar-refractivity contribution in [3.8, 4) is 0 Å². The van der Waals surface area contributed by atoms with Crippen LogP contribution in [-0.2, 0) is 13.1 Å². The fourth-order valence-electron chi connectivity index (χ4n) is 2.06. The first kappa shape index (κ1) is 15.3. The van der Waals surface area contributed by atoms with Crippen LogP contribution in [0.2, 0.25) is 0 Å². The molecule has 0 radical (unpaired) electrons. The van der Waals surface area contributed by atoms with Gasteiger partial charge in [-0.1, -0.05) is 41.9 Å². The molecule has 0 saturated heterocycles. The lowest BCUT2D eigenvalue weighted by Crippen LogP contribution is -2.19. The number of hydrogen-bond donors (Lipinski definition) is 1. The largest absolute Gasteiger partial charge is 0.312 e. The van der Waals surface area contributed by atoms with E-state index in [1.54, 1.807) is 0 Å². The molecule has 3 nitrogen and oxygen atoms in total. The summed E-state index contributed by atoms with van der Waals surface area (Å²) in [6, 6.07) is 6.55. The summed E-state index contributed by atoms with van der Waals surface area (Å²) in [4.78, 5) is 0. The van der Waals surface area contributed by atoms with Crippen LogP contribution in [0.1, 0.15) is 30.5 Å². The van der Waals surface area contributed by atoms with E-state index in [1.165, 1.54) is 16.7 Å². The van der Waals surface area contributed by atoms with Crippen molar-refractivity contribution in [1.29, 1.82) is 0 Å². The highest BCUT2D eigenvalue weighted by Crippen LogP contribution is 2.20. The van der Waals surface area contributed by atoms with E-state index in [9.17, 15) is 0 Å². The normalized spacial score (nSPS) is 11.2. The van der Waals surface area contributed by atoms with Crippen LogP contribution in [0.4, 0.5) is 0 Å². The van der Waals surface area contributed by atoms with Gasteiger partial charge < -0.3 is 5.32 Å². The molecule has 2 rings (SSSR count). The van der Waals surface area contributed by atoms with E-state index in [2.05, 4.69) is 71.5 Å². The van der Waals surface area contributed by atoms with Crippen molar-refractivity contribution in [3.63, 3.8) is 0 Å². The Morgan fingerprint density at radius 3 is 2.75 bits per heavy atom. The maximum atomic E-state index is 4.33. The number of nitrogens with zero attached hydrogens (tertiary/aromatic N) is 2. The lowest BCUT2D eigenvalue weighted by atomic mass is 10.1. The Labute approximate surface area is 129 Å². The number of aromatic nitrogens is 2. The van der Waals surface area contributed by atoms with Crippen LogP contribution in [0.3, 0.4) is 0 Å². The fourth-order valence-corrected chi connectivity index (χ4v) is 2.61. The second-order valence-electron chi connectivity index (χ2n) is 5.67. The molecule has 108 valence electrons. The fraction of sp³-hybridized carbons (Fsp3) is 0.438. The van der Waals surface area contributed by atoms with E-state index in [0.29, 0.717) is 5.92 Å². The molecule has 0 saturated carbocycles. The van der Waals surface area contributed by atoms with Crippen molar-refractivity contribution in [3.05, 3.63) is 51.8 Å². The first-order valence-electron chi connectivity index (χ1n) is 7.01. The van der Waals surface area contributed by atoms with E-state index in [4.69, 9.17) is 0 Å². The predicted octanol–water partition coefficient (Wildman–Crippen LogP) is 3.75. The van der Waals surface area contributed by atoms with Gasteiger partial charge in [0.15, 0.2) is 0 Å². The Kier molecular flexibility index (Phi) is 5.38. The summed E-state index contributed by atoms with van der Waals surface area (Å²) >= 11 is 3.66. The topological polar surface area (TPSA) is 29.9 Å². The van der Waals surface area contributed by atoms with Crippen molar-refractivity contribution < 1.29 is 0 Å². The number of nitrogens with one attached hydrogen (secondary N) is 1. The Bertz CT molecular complexity index is 561. The van der Waals surface area contributed by atoms with E-state index in [-0.39, 0.29) is 0 Å². The average molecular weight is 336 g/mol. The van der Waals surface area contributed by atoms with Gasteiger partial charge in [-0.3, -0.25) is 4.68 Å². The molecule has 0 aliphatic rings. The number of aryl methyl sites for hydroxylation is 1. The molecule has 0 atom stereocenters. The summed E-state index contributed by atoms with van der Waals surface area (Å²) in [6.45, 7) is 9.26. The first-order valence-corrected chi connectivity index (χ1v) is 7.81. The van der Waals surface area contributed by atoms with Crippen LogP contribution in [0, 0.1) is 12.8 Å². The van der Waals surface area contributed by atoms with Crippen LogP contribution in [0.25, 0.3) is 0 Å². The van der Waals surface area contributed by atoms with Crippen molar-refractivity contribution in [2.45, 2.75) is 33.9 Å². The first-order chi connectivity index (χ1) is 9.54. The highest BCUT2D eigenvalue weighted by molar-refractivity contribution is 9.10. The van der Waals surface area contributed by atoms with Crippen molar-refractivity contribution >= 4 is 15.9 Å². The highest BCUT2D eigenvalue weighted by atomic mass is 79.9. The van der Waals surface area contributed by atoms with Crippen molar-refractivity contribution in [1.82, 2.24) is 15.1 Å². The molecule has 1 aromatic carbocycles. The van der Waals surface area contributed by atoms with Crippen LogP contribution in [-0.4, -0.2) is 16.3 Å². The van der Waals surface area contributed by atoms with Crippen LogP contribution < -0.4 is 5.32 Å². The van der Waals surface area contributed by atoms with Gasteiger partial charge in [-0.15, -0.1) is 0 Å². The minimum atomic E-state index is 0.681. The SMILES string of the molecule is Cc1cnn(Cc2ccc(CNCC(C)C)cc2Br)c1. The number of rotatable bonds is 6. The van der Waals surface area contributed by atoms with E-state index >= 15 is 0 Å². The second kappa shape index (κ2) is 7.04. The minimum absolute atomic E-state index is 0.681. The quantitative estimate of drug-likeness (QED) is 0.871. The van der Waals surface area contributed by atoms with Gasteiger partial charge in [-0.25, -0.2) is 0 Å². The zero-order chi connectivity index (χ0) is 14.5. The summed E-state index contributed by atoms with van der Waals surface area (Å²) in [5.74, 6) is 0.681. The Morgan fingerprint density at radius 2 is 2.15 bits per heavy atom. The molecular weight excluding hydrogens is 314 g/mol. The lowest BCUT2D eigenvalue weighted by Gasteiger charge is -2.10. The lowest BCUT2D eigenvalue weighted by molar-refractivity contribution is 0.552. The van der Waals surface area contributed by atoms with Crippen LogP contribution >= 0.6 is 15.9 Å². The van der Waals surface area contributed by atoms with Crippen LogP contribution in [0.15, 0.2) is 35.1 Å². The summed E-state index contributed by atoms with van der Waals surface area (Å²) in [6.07, 6.45) is 3.95. The predicted molar refractivity (Wildman–Crippen MR) is 86.8 cm³/mol. The number of benzene rings is 1. The molecule has 0 spiro atoms. The minimum Gasteiger partial charge on any atom is -0.312 e. The van der Waals surface area contributed by atoms with Gasteiger partial charge in [0.2, 0.25) is 0 Å². The van der Waals surface area contributed by atoms with Gasteiger partial charge in [0.05, 0.1) is 12.7 Å². The van der Waals surface area contributed by atoms with Gasteiger partial charge in [0.25, 0.3) is 0 Å². The zero-order valence-corrected chi connectivity index (χ0v) is 13.9. The molecule has 0 amide bonds. The second-order valence-corrected chi connectivity index (χ2v) is 6.52. The maximum absolute atomic E-state index is 4.33. The molecule has 1 N–H and O–H groups in total. The molecule has 4 heteroatoms. The molecular formula is C16H22BrN3. The summed E-state index contributed by atoms with van der Waals surface area (Å²) < 4.78 is 3.11. The summed E-state index contributed by atoms with van der Waals surface area (Å²) in [5, 5.41) is 7.79. The van der Waals surface area contributed by atoms with Gasteiger partial charge >= 0.3 is 0 Å². The summed E-state index contributed by atoms with van der Waals surface area (Å²) in [5.41, 5.74) is 3.74. The van der Waals surface area contributed by atoms with Crippen molar-refractivity contribution in [2.75, 3.05) is 6.54 Å². The van der Waals surface area contributed by atoms with E-state index in [0.717, 1.165) is 24.1 Å². The monoisotopic (exact) mass is 335 g/mol. The highest BCUT2D eigenvalue weighted by Gasteiger charge is 2.04.